The maximum Gasteiger partial charge on any atom is 0.335 e. The molecule has 8 heteroatoms. The summed E-state index contributed by atoms with van der Waals surface area (Å²) in [6, 6.07) is 70.4. The lowest BCUT2D eigenvalue weighted by molar-refractivity contribution is 0.0696. The molecule has 0 saturated heterocycles. The molecule has 0 saturated carbocycles. The van der Waals surface area contributed by atoms with Gasteiger partial charge in [-0.25, -0.2) is 14.8 Å². The predicted octanol–water partition coefficient (Wildman–Crippen LogP) is 20.6. The van der Waals surface area contributed by atoms with Crippen LogP contribution < -0.4 is 9.80 Å². The van der Waals surface area contributed by atoms with Gasteiger partial charge in [-0.3, -0.25) is 9.97 Å². The number of carboxylic acids is 1. The zero-order chi connectivity index (χ0) is 58.7. The summed E-state index contributed by atoms with van der Waals surface area (Å²) >= 11 is 0. The number of benzene rings is 6. The molecule has 85 heavy (non-hydrogen) atoms. The minimum Gasteiger partial charge on any atom is -0.478 e. The Labute approximate surface area is 503 Å². The summed E-state index contributed by atoms with van der Waals surface area (Å²) in [4.78, 5) is 36.1. The van der Waals surface area contributed by atoms with Crippen molar-refractivity contribution in [2.75, 3.05) is 9.80 Å². The summed E-state index contributed by atoms with van der Waals surface area (Å²) in [5.74, 6) is -1.03. The van der Waals surface area contributed by atoms with Gasteiger partial charge >= 0.3 is 5.97 Å². The summed E-state index contributed by atoms with van der Waals surface area (Å²) < 4.78 is 0. The predicted molar refractivity (Wildman–Crippen MR) is 355 cm³/mol. The molecule has 0 bridgehead atoms. The molecule has 0 aliphatic heterocycles. The number of anilines is 6. The third kappa shape index (κ3) is 15.6. The van der Waals surface area contributed by atoms with Crippen molar-refractivity contribution >= 4 is 64.4 Å². The molecule has 10 rings (SSSR count). The largest absolute Gasteiger partial charge is 0.478 e. The first-order valence-corrected chi connectivity index (χ1v) is 30.4. The van der Waals surface area contributed by atoms with Gasteiger partial charge in [-0.05, 0) is 217 Å². The van der Waals surface area contributed by atoms with E-state index in [2.05, 4.69) is 225 Å². The summed E-state index contributed by atoms with van der Waals surface area (Å²) in [6.07, 6.45) is 25.6. The second kappa shape index (κ2) is 29.1. The summed E-state index contributed by atoms with van der Waals surface area (Å²) in [6.45, 7) is 8.96. The highest BCUT2D eigenvalue weighted by Gasteiger charge is 2.17. The van der Waals surface area contributed by atoms with Gasteiger partial charge in [-0.15, -0.1) is 0 Å². The van der Waals surface area contributed by atoms with E-state index in [1.165, 1.54) is 85.9 Å². The first-order valence-electron chi connectivity index (χ1n) is 30.4. The van der Waals surface area contributed by atoms with Crippen LogP contribution in [0.4, 0.5) is 34.1 Å². The second-order valence-corrected chi connectivity index (χ2v) is 21.9. The van der Waals surface area contributed by atoms with Crippen LogP contribution >= 0.6 is 0 Å². The quantitative estimate of drug-likeness (QED) is 0.0573. The highest BCUT2D eigenvalue weighted by molar-refractivity contribution is 5.89. The van der Waals surface area contributed by atoms with E-state index in [4.69, 9.17) is 15.0 Å². The molecule has 0 radical (unpaired) electrons. The maximum absolute atomic E-state index is 11.9. The number of pyridine rings is 4. The van der Waals surface area contributed by atoms with E-state index >= 15 is 0 Å². The van der Waals surface area contributed by atoms with Crippen molar-refractivity contribution in [1.82, 2.24) is 19.9 Å². The Morgan fingerprint density at radius 1 is 0.353 bits per heavy atom. The Morgan fingerprint density at radius 2 is 0.671 bits per heavy atom. The molecule has 0 unspecified atom stereocenters. The molecule has 0 fully saturated rings. The minimum absolute atomic E-state index is 0.139. The topological polar surface area (TPSA) is 95.3 Å². The van der Waals surface area contributed by atoms with E-state index in [1.807, 2.05) is 36.5 Å². The van der Waals surface area contributed by atoms with Crippen LogP contribution in [0.5, 0.6) is 0 Å². The van der Waals surface area contributed by atoms with E-state index in [0.717, 1.165) is 82.1 Å². The SMILES string of the molecule is CCCCc1ccc(N(c2ccc(/C=C/c3ccnc(-c4cc(/C=C/c5ccc(N(c6ccc(CCCC)cc6)c6ccc(CCCC)cc6)cc5)cc(-c5cccc(-c6cc(C(=O)O)ccn6)n5)n4)c3)cc2)c2ccc(CCCC)cc2)cc1. The highest BCUT2D eigenvalue weighted by Crippen LogP contribution is 2.38. The summed E-state index contributed by atoms with van der Waals surface area (Å²) in [7, 11) is 0. The standard InChI is InChI=1S/C77H76N6O2/c1-5-9-14-56-24-36-65(37-25-56)82(66-38-26-57(27-39-66)15-10-6-2)69-44-32-60(33-45-69)20-22-62-48-50-78-73(52-62)76-54-63(53-75(81-76)72-19-13-18-71(80-72)74-55-64(77(84)85)49-51-79-74)23-21-61-34-46-70(47-35-61)83(67-40-28-58(29-41-67)16-11-7-3)68-42-30-59(31-43-68)17-12-8-4/h13,18-55H,5-12,14-17H2,1-4H3,(H,84,85)/b22-20+,23-21+. The lowest BCUT2D eigenvalue weighted by atomic mass is 10.0. The van der Waals surface area contributed by atoms with Gasteiger partial charge in [-0.1, -0.05) is 157 Å². The average Bonchev–Trinajstić information content (AvgIpc) is 3.50. The van der Waals surface area contributed by atoms with Crippen molar-refractivity contribution in [3.05, 3.63) is 263 Å². The molecule has 4 heterocycles. The van der Waals surface area contributed by atoms with Crippen molar-refractivity contribution < 1.29 is 9.90 Å². The number of aromatic nitrogens is 4. The first-order chi connectivity index (χ1) is 41.7. The van der Waals surface area contributed by atoms with E-state index in [1.54, 1.807) is 6.07 Å². The number of aromatic carboxylic acids is 1. The monoisotopic (exact) mass is 1120 g/mol. The molecular formula is C77H76N6O2. The molecule has 0 amide bonds. The molecule has 0 aliphatic carbocycles. The highest BCUT2D eigenvalue weighted by atomic mass is 16.4. The Hall–Kier alpha value is -9.53. The molecule has 0 atom stereocenters. The molecule has 0 spiro atoms. The zero-order valence-corrected chi connectivity index (χ0v) is 49.5. The van der Waals surface area contributed by atoms with Crippen molar-refractivity contribution in [2.24, 2.45) is 0 Å². The number of unbranched alkanes of at least 4 members (excludes halogenated alkanes) is 4. The lowest BCUT2D eigenvalue weighted by Gasteiger charge is -2.26. The first kappa shape index (κ1) is 58.7. The fourth-order valence-corrected chi connectivity index (χ4v) is 10.5. The number of hydrogen-bond acceptors (Lipinski definition) is 7. The average molecular weight is 1120 g/mol. The van der Waals surface area contributed by atoms with Crippen LogP contribution in [0.2, 0.25) is 0 Å². The number of carboxylic acid groups (broad SMARTS) is 1. The third-order valence-corrected chi connectivity index (χ3v) is 15.5. The Balaban J connectivity index is 0.944. The molecule has 1 N–H and O–H groups in total. The van der Waals surface area contributed by atoms with Gasteiger partial charge in [-0.2, -0.15) is 0 Å². The smallest absolute Gasteiger partial charge is 0.335 e. The van der Waals surface area contributed by atoms with Gasteiger partial charge in [0.15, 0.2) is 0 Å². The number of aryl methyl sites for hydroxylation is 4. The molecule has 0 aliphatic rings. The van der Waals surface area contributed by atoms with E-state index in [0.29, 0.717) is 34.2 Å². The van der Waals surface area contributed by atoms with Crippen LogP contribution in [-0.2, 0) is 25.7 Å². The van der Waals surface area contributed by atoms with Crippen LogP contribution in [0.25, 0.3) is 58.5 Å². The number of rotatable bonds is 26. The fourth-order valence-electron chi connectivity index (χ4n) is 10.5. The van der Waals surface area contributed by atoms with Crippen molar-refractivity contribution in [3.63, 3.8) is 0 Å². The fraction of sp³-hybridized carbons (Fsp3) is 0.208. The van der Waals surface area contributed by atoms with Gasteiger partial charge in [0, 0.05) is 46.5 Å². The summed E-state index contributed by atoms with van der Waals surface area (Å²) in [5.41, 5.74) is 19.9. The Morgan fingerprint density at radius 3 is 1.07 bits per heavy atom. The van der Waals surface area contributed by atoms with Crippen LogP contribution in [0.3, 0.4) is 0 Å². The van der Waals surface area contributed by atoms with Crippen molar-refractivity contribution in [3.8, 4) is 34.2 Å². The van der Waals surface area contributed by atoms with Crippen LogP contribution in [0, 0.1) is 0 Å². The van der Waals surface area contributed by atoms with Crippen molar-refractivity contribution in [1.29, 1.82) is 0 Å². The second-order valence-electron chi connectivity index (χ2n) is 21.9. The van der Waals surface area contributed by atoms with Crippen molar-refractivity contribution in [2.45, 2.75) is 105 Å². The molecule has 6 aromatic carbocycles. The van der Waals surface area contributed by atoms with Crippen LogP contribution in [0.15, 0.2) is 213 Å². The molecule has 4 aromatic heterocycles. The van der Waals surface area contributed by atoms with Gasteiger partial charge in [0.1, 0.15) is 0 Å². The third-order valence-electron chi connectivity index (χ3n) is 15.5. The van der Waals surface area contributed by atoms with Crippen LogP contribution in [0.1, 0.15) is 134 Å². The van der Waals surface area contributed by atoms with E-state index in [9.17, 15) is 9.90 Å². The molecular weight excluding hydrogens is 1040 g/mol. The zero-order valence-electron chi connectivity index (χ0n) is 49.5. The molecule has 426 valence electrons. The summed E-state index contributed by atoms with van der Waals surface area (Å²) in [5, 5.41) is 9.76. The normalized spacial score (nSPS) is 11.4. The number of carbonyl (C=O) groups is 1. The van der Waals surface area contributed by atoms with E-state index < -0.39 is 5.97 Å². The molecule has 8 nitrogen and oxygen atoms in total. The van der Waals surface area contributed by atoms with Gasteiger partial charge in [0.2, 0.25) is 0 Å². The van der Waals surface area contributed by atoms with Gasteiger partial charge in [0.05, 0.1) is 39.7 Å². The number of hydrogen-bond donors (Lipinski definition) is 1. The van der Waals surface area contributed by atoms with E-state index in [-0.39, 0.29) is 5.56 Å². The van der Waals surface area contributed by atoms with Gasteiger partial charge < -0.3 is 14.9 Å². The number of nitrogens with zero attached hydrogens (tertiary/aromatic N) is 6. The molecule has 10 aromatic rings. The minimum atomic E-state index is -1.03. The maximum atomic E-state index is 11.9. The Kier molecular flexibility index (Phi) is 20.1. The Bertz CT molecular complexity index is 3730. The lowest BCUT2D eigenvalue weighted by Crippen LogP contribution is -2.10. The van der Waals surface area contributed by atoms with Gasteiger partial charge in [0.25, 0.3) is 0 Å². The van der Waals surface area contributed by atoms with Crippen LogP contribution in [-0.4, -0.2) is 31.0 Å².